The van der Waals surface area contributed by atoms with Gasteiger partial charge in [-0.05, 0) is 54.0 Å². The molecule has 0 bridgehead atoms. The Morgan fingerprint density at radius 3 is 2.69 bits per heavy atom. The molecule has 1 aliphatic heterocycles. The van der Waals surface area contributed by atoms with Crippen LogP contribution in [0.15, 0.2) is 59.8 Å². The number of carbonyl (C=O) groups excluding carboxylic acids is 1. The first kappa shape index (κ1) is 20.8. The molecule has 0 saturated heterocycles. The molecule has 0 spiro atoms. The second-order valence-corrected chi connectivity index (χ2v) is 8.10. The summed E-state index contributed by atoms with van der Waals surface area (Å²) in [5.74, 6) is 0.378. The highest BCUT2D eigenvalue weighted by atomic mass is 16.5. The summed E-state index contributed by atoms with van der Waals surface area (Å²) in [4.78, 5) is 12.6. The predicted octanol–water partition coefficient (Wildman–Crippen LogP) is 5.32. The summed E-state index contributed by atoms with van der Waals surface area (Å²) in [6.07, 6.45) is 4.13. The van der Waals surface area contributed by atoms with Crippen LogP contribution in [0.4, 0.5) is 0 Å². The monoisotopic (exact) mass is 390 g/mol. The quantitative estimate of drug-likeness (QED) is 0.473. The number of hydrogen-bond donors (Lipinski definition) is 2. The Labute approximate surface area is 173 Å². The van der Waals surface area contributed by atoms with Gasteiger partial charge in [-0.2, -0.15) is 0 Å². The molecule has 4 heteroatoms. The molecule has 2 N–H and O–H groups in total. The highest BCUT2D eigenvalue weighted by molar-refractivity contribution is 5.90. The van der Waals surface area contributed by atoms with Crippen molar-refractivity contribution in [3.05, 3.63) is 82.1 Å². The molecule has 29 heavy (non-hydrogen) atoms. The number of nitrogens with one attached hydrogen (secondary N) is 2. The number of ether oxygens (including phenoxy) is 1. The van der Waals surface area contributed by atoms with Crippen LogP contribution in [0.25, 0.3) is 0 Å². The van der Waals surface area contributed by atoms with Crippen LogP contribution in [0.2, 0.25) is 0 Å². The second-order valence-electron chi connectivity index (χ2n) is 8.10. The molecule has 0 aliphatic carbocycles. The zero-order valence-corrected chi connectivity index (χ0v) is 17.5. The third-order valence-corrected chi connectivity index (χ3v) is 5.43. The fourth-order valence-electron chi connectivity index (χ4n) is 3.64. The van der Waals surface area contributed by atoms with E-state index in [-0.39, 0.29) is 18.6 Å². The van der Waals surface area contributed by atoms with Crippen molar-refractivity contribution in [1.29, 1.82) is 5.41 Å². The lowest BCUT2D eigenvalue weighted by Gasteiger charge is -2.16. The van der Waals surface area contributed by atoms with Gasteiger partial charge in [0.2, 0.25) is 0 Å². The standard InChI is InChI=1S/C25H30N2O2/c1-17(2)9-10-20-11-12-21(13-22(20)15-26)24-14-23(18(3)27-24)25(28)29-16-19-7-5-4-6-8-19/h4-8,11-13,15,17,24,26-27H,9-10,14,16H2,1-3H3. The van der Waals surface area contributed by atoms with E-state index in [1.54, 1.807) is 0 Å². The van der Waals surface area contributed by atoms with Gasteiger partial charge in [-0.15, -0.1) is 0 Å². The van der Waals surface area contributed by atoms with Crippen LogP contribution in [0, 0.1) is 11.3 Å². The Balaban J connectivity index is 1.65. The molecule has 0 amide bonds. The Hall–Kier alpha value is -2.88. The van der Waals surface area contributed by atoms with Gasteiger partial charge in [0.1, 0.15) is 6.61 Å². The van der Waals surface area contributed by atoms with E-state index in [9.17, 15) is 4.79 Å². The molecule has 1 unspecified atom stereocenters. The van der Waals surface area contributed by atoms with Crippen molar-refractivity contribution < 1.29 is 9.53 Å². The summed E-state index contributed by atoms with van der Waals surface area (Å²) in [5, 5.41) is 11.2. The number of rotatable bonds is 8. The lowest BCUT2D eigenvalue weighted by molar-refractivity contribution is -0.140. The fraction of sp³-hybridized carbons (Fsp3) is 0.360. The van der Waals surface area contributed by atoms with Gasteiger partial charge < -0.3 is 15.5 Å². The van der Waals surface area contributed by atoms with E-state index in [0.717, 1.165) is 35.2 Å². The molecule has 1 atom stereocenters. The van der Waals surface area contributed by atoms with Crippen molar-refractivity contribution in [2.24, 2.45) is 5.92 Å². The van der Waals surface area contributed by atoms with Gasteiger partial charge in [-0.1, -0.05) is 56.3 Å². The van der Waals surface area contributed by atoms with Crippen LogP contribution in [0.3, 0.4) is 0 Å². The number of benzene rings is 2. The summed E-state index contributed by atoms with van der Waals surface area (Å²) in [5.41, 5.74) is 5.82. The smallest absolute Gasteiger partial charge is 0.336 e. The Morgan fingerprint density at radius 2 is 2.00 bits per heavy atom. The van der Waals surface area contributed by atoms with Gasteiger partial charge in [-0.25, -0.2) is 4.79 Å². The van der Waals surface area contributed by atoms with E-state index in [1.165, 1.54) is 11.8 Å². The minimum atomic E-state index is -0.262. The molecule has 0 saturated carbocycles. The highest BCUT2D eigenvalue weighted by Crippen LogP contribution is 2.32. The number of aryl methyl sites for hydroxylation is 1. The average molecular weight is 391 g/mol. The molecule has 1 heterocycles. The van der Waals surface area contributed by atoms with Gasteiger partial charge in [0.05, 0.1) is 11.6 Å². The SMILES string of the molecule is CC1=C(C(=O)OCc2ccccc2)CC(c2ccc(CCC(C)C)c(C=N)c2)N1. The predicted molar refractivity (Wildman–Crippen MR) is 117 cm³/mol. The molecule has 2 aromatic carbocycles. The molecule has 2 aromatic rings. The molecule has 0 radical (unpaired) electrons. The van der Waals surface area contributed by atoms with Gasteiger partial charge >= 0.3 is 5.97 Å². The number of esters is 1. The van der Waals surface area contributed by atoms with Crippen molar-refractivity contribution in [1.82, 2.24) is 5.32 Å². The van der Waals surface area contributed by atoms with Crippen LogP contribution >= 0.6 is 0 Å². The maximum absolute atomic E-state index is 12.6. The topological polar surface area (TPSA) is 62.2 Å². The van der Waals surface area contributed by atoms with E-state index >= 15 is 0 Å². The molecule has 3 rings (SSSR count). The zero-order valence-electron chi connectivity index (χ0n) is 17.5. The van der Waals surface area contributed by atoms with Crippen LogP contribution in [0.5, 0.6) is 0 Å². The van der Waals surface area contributed by atoms with Gasteiger partial charge in [-0.3, -0.25) is 0 Å². The highest BCUT2D eigenvalue weighted by Gasteiger charge is 2.28. The molecular weight excluding hydrogens is 360 g/mol. The molecule has 0 aromatic heterocycles. The average Bonchev–Trinajstić information content (AvgIpc) is 3.12. The summed E-state index contributed by atoms with van der Waals surface area (Å²) in [6, 6.07) is 16.1. The lowest BCUT2D eigenvalue weighted by atomic mass is 9.94. The van der Waals surface area contributed by atoms with Crippen LogP contribution < -0.4 is 5.32 Å². The lowest BCUT2D eigenvalue weighted by Crippen LogP contribution is -2.13. The maximum atomic E-state index is 12.6. The van der Waals surface area contributed by atoms with E-state index in [2.05, 4.69) is 37.4 Å². The second kappa shape index (κ2) is 9.55. The summed E-state index contributed by atoms with van der Waals surface area (Å²) < 4.78 is 5.51. The molecular formula is C25H30N2O2. The Bertz CT molecular complexity index is 900. The fourth-order valence-corrected chi connectivity index (χ4v) is 3.64. The summed E-state index contributed by atoms with van der Waals surface area (Å²) in [7, 11) is 0. The number of allylic oxidation sites excluding steroid dienone is 1. The minimum absolute atomic E-state index is 0.0344. The zero-order chi connectivity index (χ0) is 20.8. The first-order valence-corrected chi connectivity index (χ1v) is 10.3. The van der Waals surface area contributed by atoms with Gasteiger partial charge in [0, 0.05) is 18.3 Å². The molecule has 0 fully saturated rings. The Morgan fingerprint density at radius 1 is 1.24 bits per heavy atom. The van der Waals surface area contributed by atoms with E-state index < -0.39 is 0 Å². The van der Waals surface area contributed by atoms with Crippen LogP contribution in [-0.4, -0.2) is 12.2 Å². The van der Waals surface area contributed by atoms with E-state index in [4.69, 9.17) is 10.1 Å². The van der Waals surface area contributed by atoms with Gasteiger partial charge in [0.15, 0.2) is 0 Å². The van der Waals surface area contributed by atoms with Crippen LogP contribution in [-0.2, 0) is 22.6 Å². The van der Waals surface area contributed by atoms with Crippen molar-refractivity contribution in [3.63, 3.8) is 0 Å². The number of carbonyl (C=O) groups is 1. The molecule has 4 nitrogen and oxygen atoms in total. The first-order chi connectivity index (χ1) is 14.0. The van der Waals surface area contributed by atoms with E-state index in [1.807, 2.05) is 37.3 Å². The normalized spacial score (nSPS) is 16.1. The van der Waals surface area contributed by atoms with E-state index in [0.29, 0.717) is 17.9 Å². The first-order valence-electron chi connectivity index (χ1n) is 10.3. The van der Waals surface area contributed by atoms with Crippen LogP contribution in [0.1, 0.15) is 61.9 Å². The van der Waals surface area contributed by atoms with Crippen molar-refractivity contribution in [3.8, 4) is 0 Å². The summed E-state index contributed by atoms with van der Waals surface area (Å²) in [6.45, 7) is 6.64. The van der Waals surface area contributed by atoms with Crippen molar-refractivity contribution in [2.75, 3.05) is 0 Å². The maximum Gasteiger partial charge on any atom is 0.336 e. The van der Waals surface area contributed by atoms with Gasteiger partial charge in [0.25, 0.3) is 0 Å². The summed E-state index contributed by atoms with van der Waals surface area (Å²) >= 11 is 0. The Kier molecular flexibility index (Phi) is 6.86. The number of hydrogen-bond acceptors (Lipinski definition) is 4. The largest absolute Gasteiger partial charge is 0.457 e. The van der Waals surface area contributed by atoms with Crippen molar-refractivity contribution in [2.45, 2.75) is 52.7 Å². The minimum Gasteiger partial charge on any atom is -0.457 e. The third-order valence-electron chi connectivity index (χ3n) is 5.43. The molecule has 152 valence electrons. The van der Waals surface area contributed by atoms with Crippen molar-refractivity contribution >= 4 is 12.2 Å². The molecule has 1 aliphatic rings. The third kappa shape index (κ3) is 5.35.